The zero-order chi connectivity index (χ0) is 27.0. The van der Waals surface area contributed by atoms with Gasteiger partial charge in [-0.05, 0) is 53.0 Å². The van der Waals surface area contributed by atoms with Crippen molar-refractivity contribution >= 4 is 20.0 Å². The van der Waals surface area contributed by atoms with E-state index in [1.54, 1.807) is 4.90 Å². The van der Waals surface area contributed by atoms with Crippen LogP contribution in [0.2, 0.25) is 19.6 Å². The zero-order valence-corrected chi connectivity index (χ0v) is 24.6. The Morgan fingerprint density at radius 1 is 1.00 bits per heavy atom. The average Bonchev–Trinajstić information content (AvgIpc) is 2.84. The monoisotopic (exact) mass is 517 g/mol. The van der Waals surface area contributed by atoms with Crippen molar-refractivity contribution in [3.63, 3.8) is 0 Å². The van der Waals surface area contributed by atoms with Crippen LogP contribution in [0.4, 0.5) is 4.79 Å². The lowest BCUT2D eigenvalue weighted by Crippen LogP contribution is -2.47. The molecule has 198 valence electrons. The van der Waals surface area contributed by atoms with Crippen LogP contribution < -0.4 is 0 Å². The number of rotatable bonds is 5. The van der Waals surface area contributed by atoms with E-state index in [2.05, 4.69) is 64.7 Å². The van der Waals surface area contributed by atoms with E-state index in [1.165, 1.54) is 5.56 Å². The molecule has 0 saturated heterocycles. The highest BCUT2D eigenvalue weighted by Crippen LogP contribution is 2.44. The van der Waals surface area contributed by atoms with Crippen molar-refractivity contribution in [3.05, 3.63) is 82.7 Å². The number of ether oxygens (including phenoxy) is 1. The van der Waals surface area contributed by atoms with E-state index in [1.807, 2.05) is 43.5 Å². The topological polar surface area (TPSA) is 46.6 Å². The highest BCUT2D eigenvalue weighted by molar-refractivity contribution is 6.87. The molecule has 2 aromatic rings. The first kappa shape index (κ1) is 27.4. The standard InChI is InChI=1S/C32H43NO3Si/c1-22-17-18-26(32(3,4)24-14-9-8-10-15-24)29(19-22)36-31(35)33-21-30(37(5,6)7)28(34)20-27(33)25-16-12-11-13-23(25)2/h8-16,21-22,26-27,29H,17-20H2,1-7H3/t22-,26-,27+,29-/m1/s1. The molecule has 1 aliphatic heterocycles. The molecule has 0 unspecified atom stereocenters. The maximum absolute atomic E-state index is 14.0. The summed E-state index contributed by atoms with van der Waals surface area (Å²) in [5, 5.41) is 0.812. The molecule has 37 heavy (non-hydrogen) atoms. The van der Waals surface area contributed by atoms with Gasteiger partial charge < -0.3 is 4.74 Å². The SMILES string of the molecule is Cc1ccccc1[C@@H]1CC(=O)C([Si](C)(C)C)=CN1C(=O)O[C@@H]1C[C@H](C)CC[C@H]1C(C)(C)c1ccccc1. The fourth-order valence-electron chi connectivity index (χ4n) is 6.25. The van der Waals surface area contributed by atoms with Crippen molar-refractivity contribution < 1.29 is 14.3 Å². The molecular formula is C32H43NO3Si. The fourth-order valence-corrected chi connectivity index (χ4v) is 7.72. The predicted octanol–water partition coefficient (Wildman–Crippen LogP) is 7.99. The largest absolute Gasteiger partial charge is 0.446 e. The number of carbonyl (C=O) groups excluding carboxylic acids is 2. The van der Waals surface area contributed by atoms with Crippen LogP contribution >= 0.6 is 0 Å². The second-order valence-corrected chi connectivity index (χ2v) is 17.8. The third-order valence-corrected chi connectivity index (χ3v) is 10.6. The summed E-state index contributed by atoms with van der Waals surface area (Å²) in [6.45, 7) is 15.3. The first-order valence-electron chi connectivity index (χ1n) is 13.7. The van der Waals surface area contributed by atoms with Crippen LogP contribution in [0.25, 0.3) is 0 Å². The van der Waals surface area contributed by atoms with Crippen molar-refractivity contribution in [1.29, 1.82) is 0 Å². The van der Waals surface area contributed by atoms with E-state index in [0.717, 1.165) is 35.6 Å². The molecule has 1 aliphatic carbocycles. The fraction of sp³-hybridized carbons (Fsp3) is 0.500. The van der Waals surface area contributed by atoms with Gasteiger partial charge in [-0.2, -0.15) is 0 Å². The van der Waals surface area contributed by atoms with E-state index in [9.17, 15) is 9.59 Å². The van der Waals surface area contributed by atoms with Gasteiger partial charge in [0, 0.05) is 18.5 Å². The van der Waals surface area contributed by atoms with Gasteiger partial charge in [-0.15, -0.1) is 0 Å². The molecular weight excluding hydrogens is 474 g/mol. The molecule has 0 aromatic heterocycles. The van der Waals surface area contributed by atoms with E-state index in [0.29, 0.717) is 12.3 Å². The molecule has 0 spiro atoms. The molecule has 0 N–H and O–H groups in total. The van der Waals surface area contributed by atoms with Crippen molar-refractivity contribution in [1.82, 2.24) is 4.90 Å². The molecule has 4 rings (SSSR count). The summed E-state index contributed by atoms with van der Waals surface area (Å²) in [5.74, 6) is 0.883. The molecule has 2 aromatic carbocycles. The first-order chi connectivity index (χ1) is 17.4. The number of hydrogen-bond donors (Lipinski definition) is 0. The van der Waals surface area contributed by atoms with Gasteiger partial charge >= 0.3 is 6.09 Å². The number of allylic oxidation sites excluding steroid dienone is 1. The summed E-state index contributed by atoms with van der Waals surface area (Å²) < 4.78 is 6.46. The van der Waals surface area contributed by atoms with Crippen molar-refractivity contribution in [3.8, 4) is 0 Å². The summed E-state index contributed by atoms with van der Waals surface area (Å²) >= 11 is 0. The molecule has 1 saturated carbocycles. The van der Waals surface area contributed by atoms with E-state index < -0.39 is 8.07 Å². The number of Topliss-reactive ketones (excluding diaryl/α,β-unsaturated/α-hetero) is 1. The number of nitrogens with zero attached hydrogens (tertiary/aromatic N) is 1. The maximum atomic E-state index is 14.0. The zero-order valence-electron chi connectivity index (χ0n) is 23.6. The van der Waals surface area contributed by atoms with Crippen LogP contribution in [0.5, 0.6) is 0 Å². The van der Waals surface area contributed by atoms with Crippen LogP contribution in [0.15, 0.2) is 66.0 Å². The molecule has 0 radical (unpaired) electrons. The van der Waals surface area contributed by atoms with Crippen LogP contribution in [0.3, 0.4) is 0 Å². The van der Waals surface area contributed by atoms with Crippen LogP contribution in [-0.4, -0.2) is 31.0 Å². The van der Waals surface area contributed by atoms with Crippen LogP contribution in [0.1, 0.15) is 69.2 Å². The van der Waals surface area contributed by atoms with Gasteiger partial charge in [0.05, 0.1) is 14.1 Å². The molecule has 0 bridgehead atoms. The molecule has 4 atom stereocenters. The van der Waals surface area contributed by atoms with Gasteiger partial charge in [-0.1, -0.05) is 101 Å². The predicted molar refractivity (Wildman–Crippen MR) is 153 cm³/mol. The Kier molecular flexibility index (Phi) is 7.84. The summed E-state index contributed by atoms with van der Waals surface area (Å²) in [5.41, 5.74) is 3.24. The summed E-state index contributed by atoms with van der Waals surface area (Å²) in [4.78, 5) is 29.0. The van der Waals surface area contributed by atoms with Gasteiger partial charge in [-0.3, -0.25) is 9.69 Å². The van der Waals surface area contributed by atoms with Crippen molar-refractivity contribution in [2.45, 2.75) is 90.6 Å². The molecule has 1 heterocycles. The molecule has 1 fully saturated rings. The van der Waals surface area contributed by atoms with Gasteiger partial charge in [0.1, 0.15) is 6.10 Å². The lowest BCUT2D eigenvalue weighted by atomic mass is 9.64. The normalized spacial score (nSPS) is 25.0. The lowest BCUT2D eigenvalue weighted by Gasteiger charge is -2.45. The third-order valence-electron chi connectivity index (χ3n) is 8.60. The smallest absolute Gasteiger partial charge is 0.414 e. The number of hydrogen-bond acceptors (Lipinski definition) is 3. The second-order valence-electron chi connectivity index (χ2n) is 12.7. The third kappa shape index (κ3) is 5.77. The van der Waals surface area contributed by atoms with E-state index in [-0.39, 0.29) is 35.4 Å². The van der Waals surface area contributed by atoms with E-state index >= 15 is 0 Å². The van der Waals surface area contributed by atoms with Crippen molar-refractivity contribution in [2.24, 2.45) is 11.8 Å². The Bertz CT molecular complexity index is 1160. The van der Waals surface area contributed by atoms with Gasteiger partial charge in [0.15, 0.2) is 5.78 Å². The highest BCUT2D eigenvalue weighted by atomic mass is 28.3. The Morgan fingerprint density at radius 3 is 2.30 bits per heavy atom. The number of benzene rings is 2. The minimum Gasteiger partial charge on any atom is -0.446 e. The average molecular weight is 518 g/mol. The van der Waals surface area contributed by atoms with Gasteiger partial charge in [-0.25, -0.2) is 4.79 Å². The van der Waals surface area contributed by atoms with Crippen LogP contribution in [-0.2, 0) is 14.9 Å². The van der Waals surface area contributed by atoms with Crippen LogP contribution in [0, 0.1) is 18.8 Å². The Balaban J connectivity index is 1.69. The van der Waals surface area contributed by atoms with E-state index in [4.69, 9.17) is 4.74 Å². The quantitative estimate of drug-likeness (QED) is 0.378. The summed E-state index contributed by atoms with van der Waals surface area (Å²) in [6, 6.07) is 18.3. The number of aryl methyl sites for hydroxylation is 1. The number of amides is 1. The highest BCUT2D eigenvalue weighted by Gasteiger charge is 2.44. The number of ketones is 1. The molecule has 5 heteroatoms. The Hall–Kier alpha value is -2.66. The van der Waals surface area contributed by atoms with Crippen molar-refractivity contribution in [2.75, 3.05) is 0 Å². The first-order valence-corrected chi connectivity index (χ1v) is 17.2. The summed E-state index contributed by atoms with van der Waals surface area (Å²) in [6.07, 6.45) is 4.65. The Morgan fingerprint density at radius 2 is 1.65 bits per heavy atom. The van der Waals surface area contributed by atoms with Gasteiger partial charge in [0.25, 0.3) is 0 Å². The van der Waals surface area contributed by atoms with Gasteiger partial charge in [0.2, 0.25) is 0 Å². The molecule has 1 amide bonds. The molecule has 2 aliphatic rings. The lowest BCUT2D eigenvalue weighted by molar-refractivity contribution is -0.116. The minimum atomic E-state index is -1.94. The Labute approximate surface area is 224 Å². The maximum Gasteiger partial charge on any atom is 0.414 e. The summed E-state index contributed by atoms with van der Waals surface area (Å²) in [7, 11) is -1.94. The number of carbonyl (C=O) groups is 2. The molecule has 4 nitrogen and oxygen atoms in total. The second kappa shape index (κ2) is 10.6. The minimum absolute atomic E-state index is 0.126.